The summed E-state index contributed by atoms with van der Waals surface area (Å²) in [5.74, 6) is 0.429. The maximum atomic E-state index is 11.6. The number of carbonyl (C=O) groups excluding carboxylic acids is 1. The first-order chi connectivity index (χ1) is 10.7. The fourth-order valence-electron chi connectivity index (χ4n) is 1.98. The van der Waals surface area contributed by atoms with Crippen molar-refractivity contribution in [1.29, 1.82) is 0 Å². The monoisotopic (exact) mass is 300 g/mol. The van der Waals surface area contributed by atoms with E-state index in [0.717, 1.165) is 23.3 Å². The summed E-state index contributed by atoms with van der Waals surface area (Å²) in [5.41, 5.74) is 2.54. The fourth-order valence-corrected chi connectivity index (χ4v) is 1.98. The largest absolute Gasteiger partial charge is 0.494 e. The van der Waals surface area contributed by atoms with Crippen LogP contribution in [-0.4, -0.2) is 30.9 Å². The Bertz CT molecular complexity index is 587. The normalized spacial score (nSPS) is 10.3. The van der Waals surface area contributed by atoms with Gasteiger partial charge in [-0.25, -0.2) is 4.79 Å². The highest BCUT2D eigenvalue weighted by Gasteiger charge is 2.07. The predicted octanol–water partition coefficient (Wildman–Crippen LogP) is 3.29. The third-order valence-corrected chi connectivity index (χ3v) is 3.11. The van der Waals surface area contributed by atoms with Crippen molar-refractivity contribution < 1.29 is 19.4 Å². The van der Waals surface area contributed by atoms with E-state index in [4.69, 9.17) is 14.6 Å². The van der Waals surface area contributed by atoms with Crippen LogP contribution in [-0.2, 0) is 4.74 Å². The van der Waals surface area contributed by atoms with E-state index in [-0.39, 0.29) is 13.2 Å². The molecule has 0 aliphatic carbocycles. The molecule has 0 unspecified atom stereocenters. The highest BCUT2D eigenvalue weighted by atomic mass is 16.5. The average molecular weight is 300 g/mol. The number of benzene rings is 2. The lowest BCUT2D eigenvalue weighted by Gasteiger charge is -2.07. The van der Waals surface area contributed by atoms with Crippen LogP contribution < -0.4 is 4.74 Å². The van der Waals surface area contributed by atoms with Crippen molar-refractivity contribution in [1.82, 2.24) is 0 Å². The van der Waals surface area contributed by atoms with Crippen molar-refractivity contribution in [3.8, 4) is 16.9 Å². The van der Waals surface area contributed by atoms with Crippen molar-refractivity contribution >= 4 is 5.97 Å². The second-order valence-electron chi connectivity index (χ2n) is 4.81. The number of aliphatic hydroxyl groups excluding tert-OH is 1. The number of rotatable bonds is 7. The molecule has 0 radical (unpaired) electrons. The molecule has 0 saturated carbocycles. The number of aliphatic hydroxyl groups is 1. The summed E-state index contributed by atoms with van der Waals surface area (Å²) in [6.45, 7) is 2.63. The van der Waals surface area contributed by atoms with Crippen LogP contribution in [0.1, 0.15) is 23.7 Å². The van der Waals surface area contributed by atoms with Crippen LogP contribution in [0.25, 0.3) is 11.1 Å². The van der Waals surface area contributed by atoms with Crippen molar-refractivity contribution in [3.63, 3.8) is 0 Å². The first kappa shape index (κ1) is 16.0. The van der Waals surface area contributed by atoms with Crippen LogP contribution >= 0.6 is 0 Å². The van der Waals surface area contributed by atoms with Gasteiger partial charge >= 0.3 is 5.97 Å². The van der Waals surface area contributed by atoms with Crippen LogP contribution in [0.3, 0.4) is 0 Å². The zero-order valence-corrected chi connectivity index (χ0v) is 12.6. The van der Waals surface area contributed by atoms with Gasteiger partial charge in [0.05, 0.1) is 18.8 Å². The zero-order valence-electron chi connectivity index (χ0n) is 12.6. The summed E-state index contributed by atoms with van der Waals surface area (Å²) in [5, 5.41) is 8.64. The van der Waals surface area contributed by atoms with E-state index in [1.807, 2.05) is 36.4 Å². The molecule has 0 bridgehead atoms. The number of hydrogen-bond acceptors (Lipinski definition) is 4. The van der Waals surface area contributed by atoms with Gasteiger partial charge in [-0.2, -0.15) is 0 Å². The maximum Gasteiger partial charge on any atom is 0.338 e. The van der Waals surface area contributed by atoms with Crippen LogP contribution in [0, 0.1) is 0 Å². The van der Waals surface area contributed by atoms with Gasteiger partial charge in [-0.05, 0) is 41.8 Å². The first-order valence-corrected chi connectivity index (χ1v) is 7.36. The van der Waals surface area contributed by atoms with Gasteiger partial charge in [-0.15, -0.1) is 0 Å². The van der Waals surface area contributed by atoms with Gasteiger partial charge in [0.15, 0.2) is 0 Å². The molecule has 0 spiro atoms. The molecule has 0 heterocycles. The third kappa shape index (κ3) is 4.33. The summed E-state index contributed by atoms with van der Waals surface area (Å²) < 4.78 is 10.4. The van der Waals surface area contributed by atoms with E-state index >= 15 is 0 Å². The van der Waals surface area contributed by atoms with Crippen LogP contribution in [0.4, 0.5) is 0 Å². The van der Waals surface area contributed by atoms with Gasteiger partial charge in [0, 0.05) is 0 Å². The molecule has 1 N–H and O–H groups in total. The molecule has 2 aromatic rings. The molecule has 0 fully saturated rings. The zero-order chi connectivity index (χ0) is 15.8. The molecule has 4 heteroatoms. The minimum atomic E-state index is -0.427. The average Bonchev–Trinajstić information content (AvgIpc) is 2.58. The molecule has 0 aliphatic heterocycles. The number of ether oxygens (including phenoxy) is 2. The van der Waals surface area contributed by atoms with E-state index in [1.165, 1.54) is 0 Å². The van der Waals surface area contributed by atoms with Crippen molar-refractivity contribution in [2.24, 2.45) is 0 Å². The molecule has 0 amide bonds. The van der Waals surface area contributed by atoms with E-state index in [9.17, 15) is 4.79 Å². The number of hydrogen-bond donors (Lipinski definition) is 1. The Balaban J connectivity index is 2.05. The molecule has 0 aliphatic rings. The second-order valence-corrected chi connectivity index (χ2v) is 4.81. The Morgan fingerprint density at radius 1 is 0.955 bits per heavy atom. The third-order valence-electron chi connectivity index (χ3n) is 3.11. The van der Waals surface area contributed by atoms with Gasteiger partial charge in [-0.3, -0.25) is 0 Å². The quantitative estimate of drug-likeness (QED) is 0.797. The van der Waals surface area contributed by atoms with Crippen molar-refractivity contribution in [2.45, 2.75) is 13.3 Å². The SMILES string of the molecule is CCCOc1ccc(-c2ccc(C(=O)OCCO)cc2)cc1. The number of carbonyl (C=O) groups is 1. The molecule has 116 valence electrons. The minimum absolute atomic E-state index is 0.0137. The van der Waals surface area contributed by atoms with E-state index < -0.39 is 5.97 Å². The van der Waals surface area contributed by atoms with E-state index in [0.29, 0.717) is 12.2 Å². The Morgan fingerprint density at radius 2 is 1.55 bits per heavy atom. The molecular formula is C18H20O4. The Kier molecular flexibility index (Phi) is 5.98. The summed E-state index contributed by atoms with van der Waals surface area (Å²) in [7, 11) is 0. The molecule has 22 heavy (non-hydrogen) atoms. The molecule has 0 atom stereocenters. The molecule has 4 nitrogen and oxygen atoms in total. The van der Waals surface area contributed by atoms with Crippen molar-refractivity contribution in [2.75, 3.05) is 19.8 Å². The lowest BCUT2D eigenvalue weighted by atomic mass is 10.0. The summed E-state index contributed by atoms with van der Waals surface area (Å²) in [4.78, 5) is 11.6. The summed E-state index contributed by atoms with van der Waals surface area (Å²) in [6.07, 6.45) is 0.982. The lowest BCUT2D eigenvalue weighted by molar-refractivity contribution is 0.0434. The maximum absolute atomic E-state index is 11.6. The molecule has 2 aromatic carbocycles. The summed E-state index contributed by atoms with van der Waals surface area (Å²) in [6, 6.07) is 15.0. The molecular weight excluding hydrogens is 280 g/mol. The lowest BCUT2D eigenvalue weighted by Crippen LogP contribution is -2.08. The molecule has 0 aromatic heterocycles. The van der Waals surface area contributed by atoms with Gasteiger partial charge < -0.3 is 14.6 Å². The Hall–Kier alpha value is -2.33. The highest BCUT2D eigenvalue weighted by molar-refractivity contribution is 5.90. The Labute approximate surface area is 130 Å². The number of esters is 1. The second kappa shape index (κ2) is 8.20. The van der Waals surface area contributed by atoms with Crippen LogP contribution in [0.2, 0.25) is 0 Å². The topological polar surface area (TPSA) is 55.8 Å². The van der Waals surface area contributed by atoms with Gasteiger partial charge in [0.1, 0.15) is 12.4 Å². The standard InChI is InChI=1S/C18H20O4/c1-2-12-21-17-9-7-15(8-10-17)14-3-5-16(6-4-14)18(20)22-13-11-19/h3-10,19H,2,11-13H2,1H3. The van der Waals surface area contributed by atoms with Gasteiger partial charge in [0.2, 0.25) is 0 Å². The smallest absolute Gasteiger partial charge is 0.338 e. The van der Waals surface area contributed by atoms with Gasteiger partial charge in [-0.1, -0.05) is 31.2 Å². The predicted molar refractivity (Wildman–Crippen MR) is 85.0 cm³/mol. The molecule has 2 rings (SSSR count). The first-order valence-electron chi connectivity index (χ1n) is 7.36. The highest BCUT2D eigenvalue weighted by Crippen LogP contribution is 2.23. The van der Waals surface area contributed by atoms with Crippen LogP contribution in [0.15, 0.2) is 48.5 Å². The fraction of sp³-hybridized carbons (Fsp3) is 0.278. The molecule has 0 saturated heterocycles. The van der Waals surface area contributed by atoms with Gasteiger partial charge in [0.25, 0.3) is 0 Å². The minimum Gasteiger partial charge on any atom is -0.494 e. The van der Waals surface area contributed by atoms with E-state index in [1.54, 1.807) is 12.1 Å². The summed E-state index contributed by atoms with van der Waals surface area (Å²) >= 11 is 0. The van der Waals surface area contributed by atoms with Crippen molar-refractivity contribution in [3.05, 3.63) is 54.1 Å². The van der Waals surface area contributed by atoms with Crippen LogP contribution in [0.5, 0.6) is 5.75 Å². The van der Waals surface area contributed by atoms with E-state index in [2.05, 4.69) is 6.92 Å². The Morgan fingerprint density at radius 3 is 2.09 bits per heavy atom.